The van der Waals surface area contributed by atoms with E-state index in [0.717, 1.165) is 38.9 Å². The summed E-state index contributed by atoms with van der Waals surface area (Å²) in [5.41, 5.74) is 5.87. The number of carbonyl (C=O) groups is 1. The minimum absolute atomic E-state index is 0.235. The molecule has 2 unspecified atom stereocenters. The van der Waals surface area contributed by atoms with Gasteiger partial charge in [-0.25, -0.2) is 4.79 Å². The van der Waals surface area contributed by atoms with E-state index in [2.05, 4.69) is 6.92 Å². The minimum Gasteiger partial charge on any atom is -0.328 e. The van der Waals surface area contributed by atoms with Crippen molar-refractivity contribution in [2.45, 2.75) is 51.5 Å². The summed E-state index contributed by atoms with van der Waals surface area (Å²) >= 11 is 0. The Labute approximate surface area is 110 Å². The number of carbonyl (C=O) groups excluding carboxylic acids is 1. The number of nitrogens with zero attached hydrogens (tertiary/aromatic N) is 2. The van der Waals surface area contributed by atoms with Crippen molar-refractivity contribution in [3.05, 3.63) is 0 Å². The van der Waals surface area contributed by atoms with E-state index in [1.54, 1.807) is 0 Å². The van der Waals surface area contributed by atoms with Gasteiger partial charge in [-0.3, -0.25) is 0 Å². The van der Waals surface area contributed by atoms with Gasteiger partial charge in [0.05, 0.1) is 0 Å². The fraction of sp³-hybridized carbons (Fsp3) is 0.929. The highest BCUT2D eigenvalue weighted by molar-refractivity contribution is 5.75. The Kier molecular flexibility index (Phi) is 4.87. The number of piperidine rings is 1. The quantitative estimate of drug-likeness (QED) is 0.777. The minimum atomic E-state index is 0.235. The fourth-order valence-electron chi connectivity index (χ4n) is 3.29. The maximum atomic E-state index is 12.6. The average Bonchev–Trinajstić information content (AvgIpc) is 2.66. The highest BCUT2D eigenvalue weighted by atomic mass is 16.2. The lowest BCUT2D eigenvalue weighted by Gasteiger charge is -2.41. The molecule has 0 radical (unpaired) electrons. The van der Waals surface area contributed by atoms with E-state index in [1.165, 1.54) is 19.3 Å². The van der Waals surface area contributed by atoms with Crippen molar-refractivity contribution < 1.29 is 4.79 Å². The lowest BCUT2D eigenvalue weighted by Crippen LogP contribution is -2.55. The van der Waals surface area contributed by atoms with Gasteiger partial charge >= 0.3 is 6.03 Å². The summed E-state index contributed by atoms with van der Waals surface area (Å²) in [7, 11) is 0. The first-order chi connectivity index (χ1) is 8.74. The van der Waals surface area contributed by atoms with Gasteiger partial charge in [0, 0.05) is 32.2 Å². The molecule has 0 aromatic heterocycles. The van der Waals surface area contributed by atoms with Gasteiger partial charge < -0.3 is 15.5 Å². The average molecular weight is 253 g/mol. The van der Waals surface area contributed by atoms with E-state index in [4.69, 9.17) is 5.73 Å². The van der Waals surface area contributed by atoms with Crippen LogP contribution in [0.15, 0.2) is 0 Å². The molecule has 0 saturated carbocycles. The zero-order valence-corrected chi connectivity index (χ0v) is 11.6. The van der Waals surface area contributed by atoms with Crippen LogP contribution in [0.2, 0.25) is 0 Å². The molecule has 2 aliphatic heterocycles. The number of rotatable bonds is 1. The van der Waals surface area contributed by atoms with E-state index in [-0.39, 0.29) is 12.1 Å². The molecule has 18 heavy (non-hydrogen) atoms. The largest absolute Gasteiger partial charge is 0.328 e. The van der Waals surface area contributed by atoms with Crippen molar-refractivity contribution in [3.8, 4) is 0 Å². The third-order valence-corrected chi connectivity index (χ3v) is 4.48. The van der Waals surface area contributed by atoms with Crippen molar-refractivity contribution in [2.24, 2.45) is 11.7 Å². The van der Waals surface area contributed by atoms with Crippen molar-refractivity contribution in [2.75, 3.05) is 26.2 Å². The van der Waals surface area contributed by atoms with Crippen LogP contribution in [0.5, 0.6) is 0 Å². The van der Waals surface area contributed by atoms with E-state index in [9.17, 15) is 4.79 Å². The van der Waals surface area contributed by atoms with Crippen LogP contribution in [0.25, 0.3) is 0 Å². The first-order valence-corrected chi connectivity index (χ1v) is 7.49. The molecular formula is C14H27N3O. The van der Waals surface area contributed by atoms with E-state index >= 15 is 0 Å². The summed E-state index contributed by atoms with van der Waals surface area (Å²) in [4.78, 5) is 16.7. The molecule has 0 bridgehead atoms. The summed E-state index contributed by atoms with van der Waals surface area (Å²) in [5, 5.41) is 0. The van der Waals surface area contributed by atoms with Gasteiger partial charge in [-0.15, -0.1) is 0 Å². The van der Waals surface area contributed by atoms with E-state index in [1.807, 2.05) is 9.80 Å². The molecule has 0 aromatic carbocycles. The summed E-state index contributed by atoms with van der Waals surface area (Å²) in [5.74, 6) is 0.541. The molecule has 2 heterocycles. The van der Waals surface area contributed by atoms with Crippen molar-refractivity contribution >= 4 is 6.03 Å². The molecule has 2 fully saturated rings. The standard InChI is InChI=1S/C14H27N3O/c1-12-7-6-10-17(13(12)11-15)14(18)16-8-4-2-3-5-9-16/h12-13H,2-11,15H2,1H3. The number of nitrogens with two attached hydrogens (primary N) is 1. The molecule has 4 nitrogen and oxygen atoms in total. The van der Waals surface area contributed by atoms with Crippen LogP contribution in [0.4, 0.5) is 4.79 Å². The lowest BCUT2D eigenvalue weighted by molar-refractivity contribution is 0.0952. The zero-order chi connectivity index (χ0) is 13.0. The molecule has 0 spiro atoms. The number of amides is 2. The second-order valence-corrected chi connectivity index (χ2v) is 5.80. The van der Waals surface area contributed by atoms with Crippen LogP contribution in [-0.4, -0.2) is 48.1 Å². The molecule has 2 amide bonds. The molecule has 0 aliphatic carbocycles. The van der Waals surface area contributed by atoms with Crippen LogP contribution in [-0.2, 0) is 0 Å². The van der Waals surface area contributed by atoms with Gasteiger partial charge in [-0.1, -0.05) is 19.8 Å². The van der Waals surface area contributed by atoms with Crippen LogP contribution in [0.1, 0.15) is 45.4 Å². The first kappa shape index (κ1) is 13.7. The third kappa shape index (κ3) is 2.97. The molecule has 2 saturated heterocycles. The predicted octanol–water partition coefficient (Wildman–Crippen LogP) is 2.04. The molecule has 0 aromatic rings. The van der Waals surface area contributed by atoms with Gasteiger partial charge in [0.2, 0.25) is 0 Å². The van der Waals surface area contributed by atoms with E-state index in [0.29, 0.717) is 12.5 Å². The van der Waals surface area contributed by atoms with Crippen molar-refractivity contribution in [3.63, 3.8) is 0 Å². The summed E-state index contributed by atoms with van der Waals surface area (Å²) in [6.45, 7) is 5.57. The van der Waals surface area contributed by atoms with Gasteiger partial charge in [0.1, 0.15) is 0 Å². The lowest BCUT2D eigenvalue weighted by atomic mass is 9.91. The maximum absolute atomic E-state index is 12.6. The molecular weight excluding hydrogens is 226 g/mol. The normalized spacial score (nSPS) is 30.1. The van der Waals surface area contributed by atoms with Crippen LogP contribution in [0.3, 0.4) is 0 Å². The second-order valence-electron chi connectivity index (χ2n) is 5.80. The smallest absolute Gasteiger partial charge is 0.320 e. The van der Waals surface area contributed by atoms with Crippen molar-refractivity contribution in [1.29, 1.82) is 0 Å². The van der Waals surface area contributed by atoms with E-state index < -0.39 is 0 Å². The predicted molar refractivity (Wildman–Crippen MR) is 73.4 cm³/mol. The Morgan fingerprint density at radius 2 is 1.78 bits per heavy atom. The summed E-state index contributed by atoms with van der Waals surface area (Å²) < 4.78 is 0. The van der Waals surface area contributed by atoms with Crippen LogP contribution in [0, 0.1) is 5.92 Å². The van der Waals surface area contributed by atoms with Gasteiger partial charge in [0.15, 0.2) is 0 Å². The van der Waals surface area contributed by atoms with Crippen LogP contribution < -0.4 is 5.73 Å². The van der Waals surface area contributed by atoms with Gasteiger partial charge in [0.25, 0.3) is 0 Å². The Morgan fingerprint density at radius 1 is 1.11 bits per heavy atom. The monoisotopic (exact) mass is 253 g/mol. The Hall–Kier alpha value is -0.770. The highest BCUT2D eigenvalue weighted by Gasteiger charge is 2.33. The molecule has 4 heteroatoms. The summed E-state index contributed by atoms with van der Waals surface area (Å²) in [6.07, 6.45) is 7.16. The topological polar surface area (TPSA) is 49.6 Å². The number of likely N-dealkylation sites (tertiary alicyclic amines) is 2. The molecule has 104 valence electrons. The number of hydrogen-bond acceptors (Lipinski definition) is 2. The maximum Gasteiger partial charge on any atom is 0.320 e. The fourth-order valence-corrected chi connectivity index (χ4v) is 3.29. The number of urea groups is 1. The summed E-state index contributed by atoms with van der Waals surface area (Å²) in [6, 6.07) is 0.480. The highest BCUT2D eigenvalue weighted by Crippen LogP contribution is 2.24. The molecule has 2 atom stereocenters. The Bertz CT molecular complexity index is 274. The SMILES string of the molecule is CC1CCCN(C(=O)N2CCCCCC2)C1CN. The second kappa shape index (κ2) is 6.41. The molecule has 2 aliphatic rings. The van der Waals surface area contributed by atoms with Crippen molar-refractivity contribution in [1.82, 2.24) is 9.80 Å². The van der Waals surface area contributed by atoms with Crippen LogP contribution >= 0.6 is 0 Å². The van der Waals surface area contributed by atoms with Gasteiger partial charge in [-0.2, -0.15) is 0 Å². The third-order valence-electron chi connectivity index (χ3n) is 4.48. The molecule has 2 N–H and O–H groups in total. The zero-order valence-electron chi connectivity index (χ0n) is 11.6. The Morgan fingerprint density at radius 3 is 2.39 bits per heavy atom. The Balaban J connectivity index is 2.01. The van der Waals surface area contributed by atoms with Gasteiger partial charge in [-0.05, 0) is 31.6 Å². The molecule has 2 rings (SSSR count). The number of hydrogen-bond donors (Lipinski definition) is 1. The first-order valence-electron chi connectivity index (χ1n) is 7.49.